The topological polar surface area (TPSA) is 66.6 Å². The molecule has 1 unspecified atom stereocenters. The van der Waals surface area contributed by atoms with Gasteiger partial charge in [0.15, 0.2) is 9.84 Å². The van der Waals surface area contributed by atoms with Crippen LogP contribution in [-0.4, -0.2) is 75.0 Å². The fourth-order valence-electron chi connectivity index (χ4n) is 2.82. The summed E-state index contributed by atoms with van der Waals surface area (Å²) >= 11 is 0. The molecule has 1 atom stereocenters. The monoisotopic (exact) mass is 305 g/mol. The van der Waals surface area contributed by atoms with Crippen molar-refractivity contribution in [2.45, 2.75) is 39.2 Å². The Kier molecular flexibility index (Phi) is 8.02. The summed E-state index contributed by atoms with van der Waals surface area (Å²) in [5, 5.41) is 0. The van der Waals surface area contributed by atoms with E-state index in [1.807, 2.05) is 6.92 Å². The van der Waals surface area contributed by atoms with Gasteiger partial charge in [-0.15, -0.1) is 0 Å². The molecule has 0 saturated carbocycles. The minimum atomic E-state index is -2.85. The quantitative estimate of drug-likeness (QED) is 0.674. The second-order valence-corrected chi connectivity index (χ2v) is 8.01. The molecule has 5 nitrogen and oxygen atoms in total. The summed E-state index contributed by atoms with van der Waals surface area (Å²) < 4.78 is 23.4. The molecule has 1 heterocycles. The zero-order chi connectivity index (χ0) is 15.0. The molecule has 6 heteroatoms. The van der Waals surface area contributed by atoms with Crippen LogP contribution < -0.4 is 5.73 Å². The van der Waals surface area contributed by atoms with Gasteiger partial charge in [-0.05, 0) is 12.8 Å². The Hall–Kier alpha value is -0.170. The number of rotatable bonds is 9. The highest BCUT2D eigenvalue weighted by Crippen LogP contribution is 2.10. The second-order valence-electron chi connectivity index (χ2n) is 5.71. The van der Waals surface area contributed by atoms with Gasteiger partial charge in [0.25, 0.3) is 0 Å². The van der Waals surface area contributed by atoms with Gasteiger partial charge in [0.05, 0.1) is 5.75 Å². The van der Waals surface area contributed by atoms with Crippen molar-refractivity contribution in [3.8, 4) is 0 Å². The van der Waals surface area contributed by atoms with Crippen molar-refractivity contribution < 1.29 is 8.42 Å². The van der Waals surface area contributed by atoms with Gasteiger partial charge in [-0.25, -0.2) is 8.42 Å². The first-order valence-corrected chi connectivity index (χ1v) is 9.71. The minimum absolute atomic E-state index is 0.302. The highest BCUT2D eigenvalue weighted by molar-refractivity contribution is 7.91. The lowest BCUT2D eigenvalue weighted by Crippen LogP contribution is -2.52. The van der Waals surface area contributed by atoms with E-state index in [0.717, 1.165) is 45.6 Å². The first-order valence-electron chi connectivity index (χ1n) is 7.89. The van der Waals surface area contributed by atoms with Crippen LogP contribution in [0.25, 0.3) is 0 Å². The van der Waals surface area contributed by atoms with E-state index in [4.69, 9.17) is 5.73 Å². The zero-order valence-electron chi connectivity index (χ0n) is 13.1. The van der Waals surface area contributed by atoms with E-state index in [9.17, 15) is 8.42 Å². The van der Waals surface area contributed by atoms with E-state index in [0.29, 0.717) is 30.5 Å². The molecule has 0 aromatic heterocycles. The largest absolute Gasteiger partial charge is 0.329 e. The minimum Gasteiger partial charge on any atom is -0.329 e. The maximum Gasteiger partial charge on any atom is 0.151 e. The van der Waals surface area contributed by atoms with Crippen LogP contribution in [0.15, 0.2) is 0 Å². The van der Waals surface area contributed by atoms with Gasteiger partial charge in [-0.2, -0.15) is 0 Å². The van der Waals surface area contributed by atoms with Crippen molar-refractivity contribution in [3.63, 3.8) is 0 Å². The number of nitrogens with two attached hydrogens (primary N) is 1. The predicted octanol–water partition coefficient (Wildman–Crippen LogP) is 0.556. The Morgan fingerprint density at radius 2 is 1.70 bits per heavy atom. The van der Waals surface area contributed by atoms with Crippen LogP contribution in [0, 0.1) is 0 Å². The Morgan fingerprint density at radius 1 is 1.05 bits per heavy atom. The smallest absolute Gasteiger partial charge is 0.151 e. The maximum absolute atomic E-state index is 11.7. The standard InChI is InChI=1S/C14H31N3O2S/c1-3-5-14(13-15)17-8-6-16(7-9-17)10-12-20(18,19)11-4-2/h14H,3-13,15H2,1-2H3. The van der Waals surface area contributed by atoms with Gasteiger partial charge in [-0.1, -0.05) is 20.3 Å². The third-order valence-electron chi connectivity index (χ3n) is 4.05. The number of nitrogens with zero attached hydrogens (tertiary/aromatic N) is 2. The van der Waals surface area contributed by atoms with Crippen LogP contribution in [0.3, 0.4) is 0 Å². The van der Waals surface area contributed by atoms with Crippen LogP contribution in [-0.2, 0) is 9.84 Å². The Labute approximate surface area is 124 Å². The van der Waals surface area contributed by atoms with Crippen LogP contribution in [0.1, 0.15) is 33.1 Å². The third kappa shape index (κ3) is 6.08. The predicted molar refractivity (Wildman–Crippen MR) is 84.7 cm³/mol. The van der Waals surface area contributed by atoms with Crippen LogP contribution in [0.2, 0.25) is 0 Å². The molecule has 2 N–H and O–H groups in total. The van der Waals surface area contributed by atoms with E-state index in [1.54, 1.807) is 0 Å². The molecular weight excluding hydrogens is 274 g/mol. The number of piperazine rings is 1. The van der Waals surface area contributed by atoms with Gasteiger partial charge in [0.2, 0.25) is 0 Å². The molecule has 1 aliphatic rings. The van der Waals surface area contributed by atoms with Gasteiger partial charge in [0.1, 0.15) is 0 Å². The average Bonchev–Trinajstić information content (AvgIpc) is 2.43. The normalized spacial score (nSPS) is 20.1. The summed E-state index contributed by atoms with van der Waals surface area (Å²) in [5.74, 6) is 0.620. The average molecular weight is 305 g/mol. The van der Waals surface area contributed by atoms with Crippen LogP contribution in [0.4, 0.5) is 0 Å². The molecule has 120 valence electrons. The molecule has 0 aliphatic carbocycles. The van der Waals surface area contributed by atoms with Crippen molar-refractivity contribution in [2.75, 3.05) is 50.8 Å². The summed E-state index contributed by atoms with van der Waals surface area (Å²) in [4.78, 5) is 4.73. The SMILES string of the molecule is CCCC(CN)N1CCN(CCS(=O)(=O)CCC)CC1. The van der Waals surface area contributed by atoms with Crippen molar-refractivity contribution in [2.24, 2.45) is 5.73 Å². The van der Waals surface area contributed by atoms with E-state index in [1.165, 1.54) is 0 Å². The molecular formula is C14H31N3O2S. The van der Waals surface area contributed by atoms with Crippen LogP contribution in [0.5, 0.6) is 0 Å². The molecule has 0 aromatic rings. The van der Waals surface area contributed by atoms with Gasteiger partial charge in [-0.3, -0.25) is 9.80 Å². The molecule has 1 aliphatic heterocycles. The highest BCUT2D eigenvalue weighted by Gasteiger charge is 2.23. The van der Waals surface area contributed by atoms with Crippen molar-refractivity contribution in [3.05, 3.63) is 0 Å². The van der Waals surface area contributed by atoms with Gasteiger partial charge < -0.3 is 5.73 Å². The third-order valence-corrected chi connectivity index (χ3v) is 5.89. The summed E-state index contributed by atoms with van der Waals surface area (Å²) in [7, 11) is -2.85. The summed E-state index contributed by atoms with van der Waals surface area (Å²) in [5.41, 5.74) is 5.84. The summed E-state index contributed by atoms with van der Waals surface area (Å²) in [6, 6.07) is 0.492. The number of hydrogen-bond donors (Lipinski definition) is 1. The highest BCUT2D eigenvalue weighted by atomic mass is 32.2. The Bertz CT molecular complexity index is 351. The Morgan fingerprint density at radius 3 is 2.20 bits per heavy atom. The van der Waals surface area contributed by atoms with Crippen LogP contribution >= 0.6 is 0 Å². The van der Waals surface area contributed by atoms with Gasteiger partial charge >= 0.3 is 0 Å². The number of sulfone groups is 1. The molecule has 1 fully saturated rings. The molecule has 0 radical (unpaired) electrons. The van der Waals surface area contributed by atoms with Crippen molar-refractivity contribution >= 4 is 9.84 Å². The first-order chi connectivity index (χ1) is 9.52. The molecule has 0 amide bonds. The first kappa shape index (κ1) is 17.9. The molecule has 0 bridgehead atoms. The number of hydrogen-bond acceptors (Lipinski definition) is 5. The van der Waals surface area contributed by atoms with E-state index in [-0.39, 0.29) is 0 Å². The maximum atomic E-state index is 11.7. The molecule has 20 heavy (non-hydrogen) atoms. The zero-order valence-corrected chi connectivity index (χ0v) is 13.9. The lowest BCUT2D eigenvalue weighted by atomic mass is 10.1. The summed E-state index contributed by atoms with van der Waals surface area (Å²) in [6.07, 6.45) is 3.03. The molecule has 1 saturated heterocycles. The van der Waals surface area contributed by atoms with E-state index in [2.05, 4.69) is 16.7 Å². The molecule has 0 aromatic carbocycles. The summed E-state index contributed by atoms with van der Waals surface area (Å²) in [6.45, 7) is 9.44. The van der Waals surface area contributed by atoms with E-state index < -0.39 is 9.84 Å². The fraction of sp³-hybridized carbons (Fsp3) is 1.00. The van der Waals surface area contributed by atoms with E-state index >= 15 is 0 Å². The second kappa shape index (κ2) is 8.97. The Balaban J connectivity index is 2.32. The van der Waals surface area contributed by atoms with Crippen molar-refractivity contribution in [1.29, 1.82) is 0 Å². The fourth-order valence-corrected chi connectivity index (χ4v) is 4.18. The van der Waals surface area contributed by atoms with Crippen molar-refractivity contribution in [1.82, 2.24) is 9.80 Å². The lowest BCUT2D eigenvalue weighted by molar-refractivity contribution is 0.0982. The van der Waals surface area contributed by atoms with Gasteiger partial charge in [0, 0.05) is 51.1 Å². The molecule has 0 spiro atoms. The lowest BCUT2D eigenvalue weighted by Gasteiger charge is -2.39. The molecule has 1 rings (SSSR count).